The fourth-order valence-electron chi connectivity index (χ4n) is 3.32. The Hall–Kier alpha value is -1.81. The third kappa shape index (κ3) is 2.21. The molecule has 2 aromatic rings. The highest BCUT2D eigenvalue weighted by Gasteiger charge is 2.54. The summed E-state index contributed by atoms with van der Waals surface area (Å²) in [4.78, 5) is 0. The number of benzene rings is 1. The van der Waals surface area contributed by atoms with Gasteiger partial charge in [0.15, 0.2) is 17.3 Å². The van der Waals surface area contributed by atoms with E-state index >= 15 is 8.63 Å². The van der Waals surface area contributed by atoms with Crippen LogP contribution in [0.1, 0.15) is 11.3 Å². The summed E-state index contributed by atoms with van der Waals surface area (Å²) in [5.41, 5.74) is 0.0195. The van der Waals surface area contributed by atoms with E-state index in [0.717, 1.165) is 15.0 Å². The number of methoxy groups -OCH3 is 1. The molecule has 0 N–H and O–H groups in total. The summed E-state index contributed by atoms with van der Waals surface area (Å²) in [6.07, 6.45) is 2.87. The molecule has 0 bridgehead atoms. The largest absolute Gasteiger partial charge is 0.738 e. The van der Waals surface area contributed by atoms with Crippen LogP contribution < -0.4 is 4.74 Å². The van der Waals surface area contributed by atoms with Gasteiger partial charge in [0, 0.05) is 33.8 Å². The van der Waals surface area contributed by atoms with Gasteiger partial charge in [0.05, 0.1) is 22.8 Å². The molecule has 26 heavy (non-hydrogen) atoms. The van der Waals surface area contributed by atoms with E-state index in [4.69, 9.17) is 4.74 Å². The lowest BCUT2D eigenvalue weighted by Crippen LogP contribution is -2.50. The normalized spacial score (nSPS) is 17.7. The van der Waals surface area contributed by atoms with Gasteiger partial charge < -0.3 is 22.3 Å². The maximum atomic E-state index is 15.1. The highest BCUT2D eigenvalue weighted by molar-refractivity contribution is 9.18. The highest BCUT2D eigenvalue weighted by Crippen LogP contribution is 2.45. The van der Waals surface area contributed by atoms with E-state index < -0.39 is 18.6 Å². The zero-order chi connectivity index (χ0) is 18.8. The maximum Gasteiger partial charge on any atom is 0.738 e. The van der Waals surface area contributed by atoms with Crippen molar-refractivity contribution in [3.8, 4) is 5.75 Å². The summed E-state index contributed by atoms with van der Waals surface area (Å²) >= 11 is 6.24. The molecule has 0 unspecified atom stereocenters. The SMILES string of the molecule is COc1ccc(F)c(F)c1C1=C2C=CC(Br)=[N+]2[B-](F)(F)n2c(Br)ccc21. The molecule has 3 heterocycles. The van der Waals surface area contributed by atoms with E-state index in [-0.39, 0.29) is 37.5 Å². The molecule has 0 aliphatic carbocycles. The minimum absolute atomic E-state index is 0.0457. The van der Waals surface area contributed by atoms with Gasteiger partial charge in [0.25, 0.3) is 0 Å². The van der Waals surface area contributed by atoms with E-state index in [1.807, 2.05) is 0 Å². The Labute approximate surface area is 162 Å². The molecule has 0 atom stereocenters. The summed E-state index contributed by atoms with van der Waals surface area (Å²) < 4.78 is 65.9. The Morgan fingerprint density at radius 1 is 1.08 bits per heavy atom. The molecule has 10 heteroatoms. The lowest BCUT2D eigenvalue weighted by atomic mass is 9.86. The summed E-state index contributed by atoms with van der Waals surface area (Å²) in [6.45, 7) is -4.24. The number of aromatic nitrogens is 1. The molecule has 0 radical (unpaired) electrons. The van der Waals surface area contributed by atoms with Crippen LogP contribution in [0, 0.1) is 11.6 Å². The monoisotopic (exact) mass is 490 g/mol. The van der Waals surface area contributed by atoms with Gasteiger partial charge in [-0.05, 0) is 40.2 Å². The molecule has 1 aromatic carbocycles. The zero-order valence-corrected chi connectivity index (χ0v) is 16.3. The zero-order valence-electron chi connectivity index (χ0n) is 13.1. The van der Waals surface area contributed by atoms with Gasteiger partial charge in [0.1, 0.15) is 5.75 Å². The predicted molar refractivity (Wildman–Crippen MR) is 97.8 cm³/mol. The maximum absolute atomic E-state index is 15.1. The van der Waals surface area contributed by atoms with Crippen LogP contribution in [-0.2, 0) is 0 Å². The topological polar surface area (TPSA) is 17.2 Å². The van der Waals surface area contributed by atoms with Crippen LogP contribution in [0.4, 0.5) is 17.4 Å². The minimum atomic E-state index is -4.24. The fourth-order valence-corrected chi connectivity index (χ4v) is 4.46. The van der Waals surface area contributed by atoms with Crippen molar-refractivity contribution < 1.29 is 26.6 Å². The van der Waals surface area contributed by atoms with E-state index in [9.17, 15) is 8.78 Å². The van der Waals surface area contributed by atoms with Gasteiger partial charge in [-0.1, -0.05) is 0 Å². The van der Waals surface area contributed by atoms with Gasteiger partial charge >= 0.3 is 6.97 Å². The third-order valence-corrected chi connectivity index (χ3v) is 5.69. The van der Waals surface area contributed by atoms with Crippen LogP contribution in [0.15, 0.2) is 46.7 Å². The number of allylic oxidation sites excluding steroid dienone is 2. The van der Waals surface area contributed by atoms with Crippen LogP contribution >= 0.6 is 31.9 Å². The molecule has 2 aliphatic rings. The van der Waals surface area contributed by atoms with Gasteiger partial charge in [-0.25, -0.2) is 8.78 Å². The molecule has 0 saturated carbocycles. The summed E-state index contributed by atoms with van der Waals surface area (Å²) in [5, 5.41) is 0. The molecule has 2 aliphatic heterocycles. The van der Waals surface area contributed by atoms with Crippen molar-refractivity contribution in [1.29, 1.82) is 0 Å². The molecular weight excluding hydrogens is 483 g/mol. The van der Waals surface area contributed by atoms with E-state index in [0.29, 0.717) is 0 Å². The molecule has 0 fully saturated rings. The van der Waals surface area contributed by atoms with Gasteiger partial charge in [-0.2, -0.15) is 0 Å². The number of fused-ring (bicyclic) bond motifs is 2. The molecular formula is C16H9BBr2F4N2O. The smallest absolute Gasteiger partial charge is 0.496 e. The van der Waals surface area contributed by atoms with Crippen LogP contribution in [0.3, 0.4) is 0 Å². The number of ether oxygens (including phenoxy) is 1. The minimum Gasteiger partial charge on any atom is -0.496 e. The molecule has 0 saturated heterocycles. The average molecular weight is 492 g/mol. The number of hydrogen-bond acceptors (Lipinski definition) is 1. The summed E-state index contributed by atoms with van der Waals surface area (Å²) in [7, 11) is 1.31. The highest BCUT2D eigenvalue weighted by atomic mass is 79.9. The van der Waals surface area contributed by atoms with Crippen molar-refractivity contribution in [3.63, 3.8) is 0 Å². The van der Waals surface area contributed by atoms with Crippen LogP contribution in [0.25, 0.3) is 5.57 Å². The van der Waals surface area contributed by atoms with Crippen molar-refractivity contribution in [2.24, 2.45) is 0 Å². The second-order valence-electron chi connectivity index (χ2n) is 5.72. The molecule has 4 rings (SSSR count). The van der Waals surface area contributed by atoms with Crippen molar-refractivity contribution in [1.82, 2.24) is 4.48 Å². The Balaban J connectivity index is 2.17. The first-order valence-electron chi connectivity index (χ1n) is 7.45. The van der Waals surface area contributed by atoms with Crippen molar-refractivity contribution in [2.75, 3.05) is 7.11 Å². The quantitative estimate of drug-likeness (QED) is 0.431. The van der Waals surface area contributed by atoms with E-state index in [1.54, 1.807) is 0 Å². The summed E-state index contributed by atoms with van der Waals surface area (Å²) in [6, 6.07) is 5.07. The molecule has 3 nitrogen and oxygen atoms in total. The van der Waals surface area contributed by atoms with Gasteiger partial charge in [-0.3, -0.25) is 0 Å². The first-order valence-corrected chi connectivity index (χ1v) is 9.03. The van der Waals surface area contributed by atoms with E-state index in [1.165, 1.54) is 37.5 Å². The number of hydrogen-bond donors (Lipinski definition) is 0. The van der Waals surface area contributed by atoms with Crippen LogP contribution in [0.5, 0.6) is 5.75 Å². The number of nitrogens with zero attached hydrogens (tertiary/aromatic N) is 2. The fraction of sp³-hybridized carbons (Fsp3) is 0.0625. The summed E-state index contributed by atoms with van der Waals surface area (Å²) in [5.74, 6) is -2.21. The van der Waals surface area contributed by atoms with Crippen LogP contribution in [0.2, 0.25) is 0 Å². The van der Waals surface area contributed by atoms with E-state index in [2.05, 4.69) is 31.9 Å². The number of rotatable bonds is 2. The molecule has 1 aromatic heterocycles. The second kappa shape index (κ2) is 5.85. The number of halogens is 6. The van der Waals surface area contributed by atoms with Crippen LogP contribution in [-0.4, -0.2) is 27.7 Å². The first kappa shape index (κ1) is 17.6. The second-order valence-corrected chi connectivity index (χ2v) is 7.35. The van der Waals surface area contributed by atoms with Crippen molar-refractivity contribution >= 4 is 49.0 Å². The molecule has 0 spiro atoms. The lowest BCUT2D eigenvalue weighted by Gasteiger charge is -2.32. The van der Waals surface area contributed by atoms with Crippen molar-refractivity contribution in [3.05, 3.63) is 69.6 Å². The Bertz CT molecular complexity index is 1060. The Morgan fingerprint density at radius 3 is 2.50 bits per heavy atom. The molecule has 0 amide bonds. The predicted octanol–water partition coefficient (Wildman–Crippen LogP) is 4.91. The third-order valence-electron chi connectivity index (χ3n) is 4.40. The molecule has 134 valence electrons. The Kier molecular flexibility index (Phi) is 3.96. The standard InChI is InChI=1S/C16H9BBr2F4N2O/c1-26-11-5-2-8(20)16(21)15(11)14-9-3-6-12(18)24(9)17(22,23)25-10(14)4-7-13(25)19/h2-7H,1H3. The van der Waals surface area contributed by atoms with Gasteiger partial charge in [-0.15, -0.1) is 0 Å². The lowest BCUT2D eigenvalue weighted by molar-refractivity contribution is -0.358. The Morgan fingerprint density at radius 2 is 1.81 bits per heavy atom. The van der Waals surface area contributed by atoms with Gasteiger partial charge in [0.2, 0.25) is 4.62 Å². The van der Waals surface area contributed by atoms with Crippen molar-refractivity contribution in [2.45, 2.75) is 0 Å². The average Bonchev–Trinajstić information content (AvgIpc) is 3.16. The first-order chi connectivity index (χ1) is 12.3.